The summed E-state index contributed by atoms with van der Waals surface area (Å²) in [5, 5.41) is 9.96. The highest BCUT2D eigenvalue weighted by atomic mass is 16.2. The Hall–Kier alpha value is -3.48. The fourth-order valence-electron chi connectivity index (χ4n) is 3.34. The molecule has 142 valence electrons. The van der Waals surface area contributed by atoms with Crippen molar-refractivity contribution in [3.8, 4) is 11.4 Å². The third kappa shape index (κ3) is 3.78. The first kappa shape index (κ1) is 17.9. The number of rotatable bonds is 6. The van der Waals surface area contributed by atoms with Gasteiger partial charge in [0.1, 0.15) is 11.7 Å². The molecule has 2 aromatic carbocycles. The van der Waals surface area contributed by atoms with Gasteiger partial charge in [0.15, 0.2) is 5.82 Å². The summed E-state index contributed by atoms with van der Waals surface area (Å²) in [6.07, 6.45) is 1.05. The number of H-pyrrole nitrogens is 1. The molecule has 1 aliphatic heterocycles. The Morgan fingerprint density at radius 1 is 1.11 bits per heavy atom. The highest BCUT2D eigenvalue weighted by Crippen LogP contribution is 2.25. The average Bonchev–Trinajstić information content (AvgIpc) is 3.36. The van der Waals surface area contributed by atoms with Crippen LogP contribution in [0.2, 0.25) is 0 Å². The van der Waals surface area contributed by atoms with Gasteiger partial charge in [0.25, 0.3) is 0 Å². The number of hydrogen-bond donors (Lipinski definition) is 2. The molecule has 1 aliphatic rings. The fourth-order valence-corrected chi connectivity index (χ4v) is 3.34. The lowest BCUT2D eigenvalue weighted by Gasteiger charge is -2.16. The number of hydrogen-bond acceptors (Lipinski definition) is 4. The molecule has 0 bridgehead atoms. The lowest BCUT2D eigenvalue weighted by Crippen LogP contribution is -2.37. The minimum atomic E-state index is -0.630. The van der Waals surface area contributed by atoms with Crippen LogP contribution in [0.3, 0.4) is 0 Å². The quantitative estimate of drug-likeness (QED) is 0.646. The molecule has 2 amide bonds. The van der Waals surface area contributed by atoms with E-state index in [1.807, 2.05) is 60.7 Å². The Kier molecular flexibility index (Phi) is 5.14. The lowest BCUT2D eigenvalue weighted by atomic mass is 10.1. The van der Waals surface area contributed by atoms with E-state index < -0.39 is 5.92 Å². The van der Waals surface area contributed by atoms with Gasteiger partial charge in [-0.2, -0.15) is 5.10 Å². The zero-order valence-electron chi connectivity index (χ0n) is 15.3. The SMILES string of the molecule is O=C(NCCc1nc(-c2ccccc2)n[nH]1)C1CCN(c2ccccc2)C1=O. The van der Waals surface area contributed by atoms with Gasteiger partial charge in [-0.25, -0.2) is 4.98 Å². The van der Waals surface area contributed by atoms with Crippen molar-refractivity contribution in [1.82, 2.24) is 20.5 Å². The molecule has 7 heteroatoms. The van der Waals surface area contributed by atoms with Crippen LogP contribution < -0.4 is 10.2 Å². The van der Waals surface area contributed by atoms with Gasteiger partial charge >= 0.3 is 0 Å². The largest absolute Gasteiger partial charge is 0.355 e. The molecule has 2 N–H and O–H groups in total. The van der Waals surface area contributed by atoms with Crippen molar-refractivity contribution >= 4 is 17.5 Å². The zero-order valence-corrected chi connectivity index (χ0v) is 15.3. The summed E-state index contributed by atoms with van der Waals surface area (Å²) in [4.78, 5) is 31.1. The third-order valence-corrected chi connectivity index (χ3v) is 4.81. The Balaban J connectivity index is 1.29. The molecule has 1 unspecified atom stereocenters. The Morgan fingerprint density at radius 3 is 2.57 bits per heavy atom. The number of anilines is 1. The van der Waals surface area contributed by atoms with Crippen LogP contribution in [0, 0.1) is 5.92 Å². The summed E-state index contributed by atoms with van der Waals surface area (Å²) in [5.74, 6) is 0.324. The number of carbonyl (C=O) groups is 2. The smallest absolute Gasteiger partial charge is 0.239 e. The molecule has 4 rings (SSSR count). The number of para-hydroxylation sites is 1. The molecule has 1 atom stereocenters. The number of aromatic amines is 1. The summed E-state index contributed by atoms with van der Waals surface area (Å²) in [7, 11) is 0. The summed E-state index contributed by atoms with van der Waals surface area (Å²) in [5.41, 5.74) is 1.77. The van der Waals surface area contributed by atoms with Crippen molar-refractivity contribution in [2.75, 3.05) is 18.0 Å². The molecule has 28 heavy (non-hydrogen) atoms. The van der Waals surface area contributed by atoms with Crippen molar-refractivity contribution in [2.45, 2.75) is 12.8 Å². The summed E-state index contributed by atoms with van der Waals surface area (Å²) in [6.45, 7) is 0.959. The predicted molar refractivity (Wildman–Crippen MR) is 105 cm³/mol. The average molecular weight is 375 g/mol. The van der Waals surface area contributed by atoms with Gasteiger partial charge < -0.3 is 10.2 Å². The monoisotopic (exact) mass is 375 g/mol. The first-order valence-electron chi connectivity index (χ1n) is 9.33. The van der Waals surface area contributed by atoms with Crippen molar-refractivity contribution in [2.24, 2.45) is 5.92 Å². The normalized spacial score (nSPS) is 16.4. The summed E-state index contributed by atoms with van der Waals surface area (Å²) >= 11 is 0. The van der Waals surface area contributed by atoms with E-state index in [-0.39, 0.29) is 11.8 Å². The lowest BCUT2D eigenvalue weighted by molar-refractivity contribution is -0.132. The van der Waals surface area contributed by atoms with Crippen molar-refractivity contribution in [3.05, 3.63) is 66.5 Å². The number of amides is 2. The van der Waals surface area contributed by atoms with E-state index in [1.165, 1.54) is 0 Å². The van der Waals surface area contributed by atoms with E-state index in [0.29, 0.717) is 37.6 Å². The van der Waals surface area contributed by atoms with Crippen LogP contribution >= 0.6 is 0 Å². The van der Waals surface area contributed by atoms with Gasteiger partial charge in [0, 0.05) is 30.8 Å². The second-order valence-corrected chi connectivity index (χ2v) is 6.68. The number of carbonyl (C=O) groups excluding carboxylic acids is 2. The molecule has 1 aromatic heterocycles. The third-order valence-electron chi connectivity index (χ3n) is 4.81. The van der Waals surface area contributed by atoms with Crippen LogP contribution in [0.5, 0.6) is 0 Å². The summed E-state index contributed by atoms with van der Waals surface area (Å²) in [6, 6.07) is 19.1. The van der Waals surface area contributed by atoms with Crippen LogP contribution in [-0.4, -0.2) is 40.1 Å². The highest BCUT2D eigenvalue weighted by Gasteiger charge is 2.37. The molecule has 3 aromatic rings. The van der Waals surface area contributed by atoms with Crippen LogP contribution in [-0.2, 0) is 16.0 Å². The fraction of sp³-hybridized carbons (Fsp3) is 0.238. The van der Waals surface area contributed by atoms with Crippen LogP contribution in [0.15, 0.2) is 60.7 Å². The molecule has 0 saturated carbocycles. The Morgan fingerprint density at radius 2 is 1.82 bits per heavy atom. The second-order valence-electron chi connectivity index (χ2n) is 6.68. The molecular weight excluding hydrogens is 354 g/mol. The van der Waals surface area contributed by atoms with E-state index in [2.05, 4.69) is 20.5 Å². The Labute approximate surface area is 162 Å². The van der Waals surface area contributed by atoms with Gasteiger partial charge in [-0.3, -0.25) is 14.7 Å². The van der Waals surface area contributed by atoms with Gasteiger partial charge in [0.05, 0.1) is 0 Å². The van der Waals surface area contributed by atoms with Crippen LogP contribution in [0.25, 0.3) is 11.4 Å². The topological polar surface area (TPSA) is 91.0 Å². The number of nitrogens with one attached hydrogen (secondary N) is 2. The maximum Gasteiger partial charge on any atom is 0.239 e. The minimum absolute atomic E-state index is 0.144. The van der Waals surface area contributed by atoms with Crippen LogP contribution in [0.4, 0.5) is 5.69 Å². The van der Waals surface area contributed by atoms with Crippen LogP contribution in [0.1, 0.15) is 12.2 Å². The number of nitrogens with zero attached hydrogens (tertiary/aromatic N) is 3. The standard InChI is InChI=1S/C21H21N5O2/c27-20(17-12-14-26(21(17)28)16-9-5-2-6-10-16)22-13-11-18-23-19(25-24-18)15-7-3-1-4-8-15/h1-10,17H,11-14H2,(H,22,27)(H,23,24,25). The van der Waals surface area contributed by atoms with E-state index >= 15 is 0 Å². The second kappa shape index (κ2) is 8.04. The highest BCUT2D eigenvalue weighted by molar-refractivity contribution is 6.09. The zero-order chi connectivity index (χ0) is 19.3. The molecule has 0 radical (unpaired) electrons. The van der Waals surface area contributed by atoms with Gasteiger partial charge in [0.2, 0.25) is 11.8 Å². The molecule has 0 aliphatic carbocycles. The van der Waals surface area contributed by atoms with E-state index in [9.17, 15) is 9.59 Å². The van der Waals surface area contributed by atoms with Crippen molar-refractivity contribution in [1.29, 1.82) is 0 Å². The van der Waals surface area contributed by atoms with Gasteiger partial charge in [-0.05, 0) is 18.6 Å². The molecule has 0 spiro atoms. The predicted octanol–water partition coefficient (Wildman–Crippen LogP) is 2.18. The van der Waals surface area contributed by atoms with Crippen molar-refractivity contribution < 1.29 is 9.59 Å². The maximum absolute atomic E-state index is 12.6. The molecule has 1 fully saturated rings. The first-order valence-corrected chi connectivity index (χ1v) is 9.33. The van der Waals surface area contributed by atoms with Gasteiger partial charge in [-0.1, -0.05) is 48.5 Å². The van der Waals surface area contributed by atoms with Crippen molar-refractivity contribution in [3.63, 3.8) is 0 Å². The Bertz CT molecular complexity index is 955. The number of aromatic nitrogens is 3. The van der Waals surface area contributed by atoms with E-state index in [1.54, 1.807) is 4.90 Å². The molecule has 7 nitrogen and oxygen atoms in total. The maximum atomic E-state index is 12.6. The van der Waals surface area contributed by atoms with E-state index in [0.717, 1.165) is 11.3 Å². The molecule has 1 saturated heterocycles. The molecule has 2 heterocycles. The summed E-state index contributed by atoms with van der Waals surface area (Å²) < 4.78 is 0. The van der Waals surface area contributed by atoms with Gasteiger partial charge in [-0.15, -0.1) is 0 Å². The first-order chi connectivity index (χ1) is 13.7. The van der Waals surface area contributed by atoms with E-state index in [4.69, 9.17) is 0 Å². The minimum Gasteiger partial charge on any atom is -0.355 e. The number of benzene rings is 2. The molecular formula is C21H21N5O2.